The maximum Gasteiger partial charge on any atom is 0.261 e. The van der Waals surface area contributed by atoms with Crippen molar-refractivity contribution in [2.75, 3.05) is 13.6 Å². The molecule has 0 unspecified atom stereocenters. The Morgan fingerprint density at radius 2 is 1.35 bits per heavy atom. The van der Waals surface area contributed by atoms with Gasteiger partial charge in [-0.2, -0.15) is 0 Å². The van der Waals surface area contributed by atoms with E-state index in [0.717, 1.165) is 16.0 Å². The molecule has 3 aromatic rings. The van der Waals surface area contributed by atoms with Gasteiger partial charge in [-0.15, -0.1) is 0 Å². The summed E-state index contributed by atoms with van der Waals surface area (Å²) in [6.07, 6.45) is 0.568. The van der Waals surface area contributed by atoms with Gasteiger partial charge >= 0.3 is 0 Å². The van der Waals surface area contributed by atoms with E-state index in [4.69, 9.17) is 0 Å². The number of imide groups is 1. The highest BCUT2D eigenvalue weighted by Crippen LogP contribution is 2.28. The molecular weight excluding hydrogens is 412 g/mol. The molecule has 0 fully saturated rings. The van der Waals surface area contributed by atoms with Gasteiger partial charge < -0.3 is 0 Å². The fraction of sp³-hybridized carbons (Fsp3) is 0.167. The van der Waals surface area contributed by atoms with Gasteiger partial charge in [0.2, 0.25) is 10.0 Å². The highest BCUT2D eigenvalue weighted by atomic mass is 32.2. The minimum atomic E-state index is -3.83. The Bertz CT molecular complexity index is 1190. The van der Waals surface area contributed by atoms with Gasteiger partial charge in [0.05, 0.1) is 16.0 Å². The van der Waals surface area contributed by atoms with Crippen molar-refractivity contribution >= 4 is 21.8 Å². The lowest BCUT2D eigenvalue weighted by atomic mass is 9.89. The Labute approximate surface area is 181 Å². The number of rotatable bonds is 7. The van der Waals surface area contributed by atoms with Gasteiger partial charge in [-0.25, -0.2) is 13.1 Å². The normalized spacial score (nSPS) is 13.7. The van der Waals surface area contributed by atoms with Crippen LogP contribution in [0.3, 0.4) is 0 Å². The topological polar surface area (TPSA) is 83.6 Å². The van der Waals surface area contributed by atoms with Gasteiger partial charge in [0.15, 0.2) is 0 Å². The number of nitrogens with zero attached hydrogens (tertiary/aromatic N) is 1. The van der Waals surface area contributed by atoms with E-state index in [0.29, 0.717) is 6.42 Å². The second-order valence-corrected chi connectivity index (χ2v) is 9.20. The Morgan fingerprint density at radius 3 is 1.94 bits per heavy atom. The Hall–Kier alpha value is -3.29. The number of carbonyl (C=O) groups excluding carboxylic acids is 2. The van der Waals surface area contributed by atoms with Crippen molar-refractivity contribution in [1.82, 2.24) is 9.62 Å². The highest BCUT2D eigenvalue weighted by molar-refractivity contribution is 7.89. The van der Waals surface area contributed by atoms with Crippen LogP contribution < -0.4 is 4.72 Å². The first-order valence-corrected chi connectivity index (χ1v) is 11.4. The fourth-order valence-electron chi connectivity index (χ4n) is 3.82. The fourth-order valence-corrected chi connectivity index (χ4v) is 4.90. The van der Waals surface area contributed by atoms with Crippen molar-refractivity contribution < 1.29 is 18.0 Å². The number of fused-ring (bicyclic) bond motifs is 1. The zero-order chi connectivity index (χ0) is 22.0. The van der Waals surface area contributed by atoms with Gasteiger partial charge in [-0.05, 0) is 35.7 Å². The molecule has 0 aliphatic carbocycles. The summed E-state index contributed by atoms with van der Waals surface area (Å²) >= 11 is 0. The number of sulfonamides is 1. The molecule has 6 nitrogen and oxygen atoms in total. The number of hydrogen-bond donors (Lipinski definition) is 1. The summed E-state index contributed by atoms with van der Waals surface area (Å²) in [5, 5.41) is 0. The van der Waals surface area contributed by atoms with E-state index in [9.17, 15) is 18.0 Å². The summed E-state index contributed by atoms with van der Waals surface area (Å²) in [5.74, 6) is -0.881. The van der Waals surface area contributed by atoms with Crippen molar-refractivity contribution in [3.05, 3.63) is 101 Å². The standard InChI is InChI=1S/C24H22N2O4S/c1-26-23(27)21-13-12-19(16-22(21)24(26)28)31(29,30)25-15-14-20(17-8-4-2-5-9-17)18-10-6-3-7-11-18/h2-13,16,20,25H,14-15H2,1H3. The average Bonchev–Trinajstić information content (AvgIpc) is 3.01. The summed E-state index contributed by atoms with van der Waals surface area (Å²) in [4.78, 5) is 25.2. The monoisotopic (exact) mass is 434 g/mol. The van der Waals surface area contributed by atoms with Crippen LogP contribution in [0.1, 0.15) is 44.2 Å². The molecule has 31 heavy (non-hydrogen) atoms. The van der Waals surface area contributed by atoms with Crippen LogP contribution in [0.15, 0.2) is 83.8 Å². The van der Waals surface area contributed by atoms with Crippen molar-refractivity contribution in [3.63, 3.8) is 0 Å². The van der Waals surface area contributed by atoms with Gasteiger partial charge in [0, 0.05) is 19.5 Å². The lowest BCUT2D eigenvalue weighted by Crippen LogP contribution is -2.26. The molecule has 7 heteroatoms. The second kappa shape index (κ2) is 8.45. The van der Waals surface area contributed by atoms with Crippen LogP contribution >= 0.6 is 0 Å². The van der Waals surface area contributed by atoms with Crippen molar-refractivity contribution in [3.8, 4) is 0 Å². The molecule has 0 saturated heterocycles. The smallest absolute Gasteiger partial charge is 0.261 e. The van der Waals surface area contributed by atoms with Crippen LogP contribution in [-0.4, -0.2) is 38.7 Å². The third kappa shape index (κ3) is 4.15. The predicted molar refractivity (Wildman–Crippen MR) is 117 cm³/mol. The van der Waals surface area contributed by atoms with Gasteiger partial charge in [0.1, 0.15) is 0 Å². The zero-order valence-corrected chi connectivity index (χ0v) is 17.8. The van der Waals surface area contributed by atoms with Crippen LogP contribution in [-0.2, 0) is 10.0 Å². The summed E-state index contributed by atoms with van der Waals surface area (Å²) in [6.45, 7) is 0.223. The summed E-state index contributed by atoms with van der Waals surface area (Å²) in [6, 6.07) is 23.9. The zero-order valence-electron chi connectivity index (χ0n) is 17.0. The average molecular weight is 435 g/mol. The maximum atomic E-state index is 12.8. The van der Waals surface area contributed by atoms with E-state index in [1.807, 2.05) is 60.7 Å². The molecule has 1 heterocycles. The number of carbonyl (C=O) groups is 2. The Kier molecular flexibility index (Phi) is 5.71. The van der Waals surface area contributed by atoms with E-state index in [1.54, 1.807) is 0 Å². The lowest BCUT2D eigenvalue weighted by Gasteiger charge is -2.18. The van der Waals surface area contributed by atoms with Crippen molar-refractivity contribution in [2.45, 2.75) is 17.2 Å². The second-order valence-electron chi connectivity index (χ2n) is 7.44. The van der Waals surface area contributed by atoms with Crippen molar-refractivity contribution in [2.24, 2.45) is 0 Å². The largest absolute Gasteiger partial charge is 0.277 e. The molecule has 3 aromatic carbocycles. The van der Waals surface area contributed by atoms with Crippen LogP contribution in [0, 0.1) is 0 Å². The van der Waals surface area contributed by atoms with Gasteiger partial charge in [-0.3, -0.25) is 14.5 Å². The molecule has 2 amide bonds. The molecule has 0 saturated carbocycles. The maximum absolute atomic E-state index is 12.8. The minimum absolute atomic E-state index is 0.0290. The molecule has 0 spiro atoms. The SMILES string of the molecule is CN1C(=O)c2ccc(S(=O)(=O)NCCC(c3ccccc3)c3ccccc3)cc2C1=O. The third-order valence-electron chi connectivity index (χ3n) is 5.50. The quantitative estimate of drug-likeness (QED) is 0.578. The van der Waals surface area contributed by atoms with Gasteiger partial charge in [-0.1, -0.05) is 60.7 Å². The first-order valence-electron chi connectivity index (χ1n) is 9.94. The summed E-state index contributed by atoms with van der Waals surface area (Å²) < 4.78 is 28.3. The Balaban J connectivity index is 1.52. The van der Waals surface area contributed by atoms with Crippen LogP contribution in [0.4, 0.5) is 0 Å². The first kappa shape index (κ1) is 21.0. The molecule has 0 radical (unpaired) electrons. The van der Waals surface area contributed by atoms with Crippen molar-refractivity contribution in [1.29, 1.82) is 0 Å². The molecule has 0 aromatic heterocycles. The summed E-state index contributed by atoms with van der Waals surface area (Å²) in [5.41, 5.74) is 2.55. The summed E-state index contributed by atoms with van der Waals surface area (Å²) in [7, 11) is -2.45. The van der Waals surface area contributed by atoms with Gasteiger partial charge in [0.25, 0.3) is 11.8 Å². The molecular formula is C24H22N2O4S. The number of benzene rings is 3. The number of amides is 2. The van der Waals surface area contributed by atoms with E-state index in [1.165, 1.54) is 25.2 Å². The minimum Gasteiger partial charge on any atom is -0.277 e. The molecule has 1 N–H and O–H groups in total. The van der Waals surface area contributed by atoms with E-state index < -0.39 is 21.8 Å². The lowest BCUT2D eigenvalue weighted by molar-refractivity contribution is 0.0693. The molecule has 1 aliphatic heterocycles. The third-order valence-corrected chi connectivity index (χ3v) is 6.96. The molecule has 0 atom stereocenters. The van der Waals surface area contributed by atoms with E-state index in [-0.39, 0.29) is 28.5 Å². The van der Waals surface area contributed by atoms with Crippen LogP contribution in [0.25, 0.3) is 0 Å². The predicted octanol–water partition coefficient (Wildman–Crippen LogP) is 3.41. The number of hydrogen-bond acceptors (Lipinski definition) is 4. The van der Waals surface area contributed by atoms with E-state index >= 15 is 0 Å². The molecule has 1 aliphatic rings. The first-order chi connectivity index (χ1) is 14.9. The highest BCUT2D eigenvalue weighted by Gasteiger charge is 2.33. The van der Waals surface area contributed by atoms with Crippen LogP contribution in [0.2, 0.25) is 0 Å². The molecule has 0 bridgehead atoms. The van der Waals surface area contributed by atoms with E-state index in [2.05, 4.69) is 4.72 Å². The van der Waals surface area contributed by atoms with Crippen LogP contribution in [0.5, 0.6) is 0 Å². The molecule has 158 valence electrons. The number of nitrogens with one attached hydrogen (secondary N) is 1. The Morgan fingerprint density at radius 1 is 0.806 bits per heavy atom. The molecule has 4 rings (SSSR count).